The monoisotopic (exact) mass is 596 g/mol. The van der Waals surface area contributed by atoms with Gasteiger partial charge in [0, 0.05) is 9.13 Å². The molecule has 0 bridgehead atoms. The lowest BCUT2D eigenvalue weighted by atomic mass is 9.83. The van der Waals surface area contributed by atoms with E-state index in [2.05, 4.69) is 10.3 Å². The molecular weight excluding hydrogens is 569 g/mol. The third-order valence-electron chi connectivity index (χ3n) is 6.73. The van der Waals surface area contributed by atoms with Gasteiger partial charge in [0.25, 0.3) is 5.91 Å². The SMILES string of the molecule is CC1([C@@H]2CC[C@@H](O)C2)CN=C(N)C(c2ccc(C(=O)N[C@H](CO)c3cc(F)cc(I)c3)c(F)c2)=N1. The van der Waals surface area contributed by atoms with E-state index in [9.17, 15) is 19.4 Å². The molecule has 2 aliphatic rings. The van der Waals surface area contributed by atoms with E-state index in [1.54, 1.807) is 12.1 Å². The van der Waals surface area contributed by atoms with E-state index in [1.807, 2.05) is 29.5 Å². The van der Waals surface area contributed by atoms with E-state index in [-0.39, 0.29) is 23.4 Å². The lowest BCUT2D eigenvalue weighted by Gasteiger charge is -2.34. The van der Waals surface area contributed by atoms with Crippen molar-refractivity contribution in [3.8, 4) is 0 Å². The number of aliphatic imine (C=N–C) groups is 2. The average Bonchev–Trinajstić information content (AvgIpc) is 3.25. The number of benzene rings is 2. The number of amides is 1. The highest BCUT2D eigenvalue weighted by molar-refractivity contribution is 14.1. The molecule has 2 aromatic rings. The third kappa shape index (κ3) is 5.54. The van der Waals surface area contributed by atoms with Crippen molar-refractivity contribution in [3.63, 3.8) is 0 Å². The molecule has 0 aromatic heterocycles. The number of aliphatic hydroxyl groups excluding tert-OH is 2. The van der Waals surface area contributed by atoms with Gasteiger partial charge >= 0.3 is 0 Å². The van der Waals surface area contributed by atoms with E-state index in [0.717, 1.165) is 6.42 Å². The first kappa shape index (κ1) is 25.6. The summed E-state index contributed by atoms with van der Waals surface area (Å²) < 4.78 is 29.4. The first-order valence-electron chi connectivity index (χ1n) is 11.4. The molecule has 1 fully saturated rings. The van der Waals surface area contributed by atoms with Crippen LogP contribution in [0.2, 0.25) is 0 Å². The summed E-state index contributed by atoms with van der Waals surface area (Å²) in [6, 6.07) is 7.32. The van der Waals surface area contributed by atoms with Crippen molar-refractivity contribution in [2.45, 2.75) is 43.9 Å². The number of nitrogens with two attached hydrogens (primary N) is 1. The molecule has 186 valence electrons. The molecule has 1 heterocycles. The molecule has 5 N–H and O–H groups in total. The third-order valence-corrected chi connectivity index (χ3v) is 7.35. The quantitative estimate of drug-likeness (QED) is 0.383. The fourth-order valence-electron chi connectivity index (χ4n) is 4.72. The zero-order valence-corrected chi connectivity index (χ0v) is 21.3. The van der Waals surface area contributed by atoms with Crippen LogP contribution < -0.4 is 11.1 Å². The highest BCUT2D eigenvalue weighted by atomic mass is 127. The van der Waals surface area contributed by atoms with Crippen LogP contribution in [-0.4, -0.2) is 52.5 Å². The number of hydrogen-bond donors (Lipinski definition) is 4. The normalized spacial score (nSPS) is 25.1. The van der Waals surface area contributed by atoms with Crippen LogP contribution in [-0.2, 0) is 0 Å². The number of nitrogens with one attached hydrogen (secondary N) is 1. The van der Waals surface area contributed by atoms with E-state index >= 15 is 4.39 Å². The summed E-state index contributed by atoms with van der Waals surface area (Å²) in [6.07, 6.45) is 1.82. The van der Waals surface area contributed by atoms with Crippen molar-refractivity contribution in [2.75, 3.05) is 13.2 Å². The van der Waals surface area contributed by atoms with Gasteiger partial charge in [-0.3, -0.25) is 14.8 Å². The number of halogens is 3. The van der Waals surface area contributed by atoms with Gasteiger partial charge in [0.2, 0.25) is 0 Å². The van der Waals surface area contributed by atoms with Crippen molar-refractivity contribution in [3.05, 3.63) is 68.3 Å². The predicted molar refractivity (Wildman–Crippen MR) is 138 cm³/mol. The number of amidine groups is 1. The Bertz CT molecular complexity index is 1180. The van der Waals surface area contributed by atoms with Gasteiger partial charge in [-0.25, -0.2) is 8.78 Å². The number of nitrogens with zero attached hydrogens (tertiary/aromatic N) is 2. The maximum absolute atomic E-state index is 15.1. The minimum atomic E-state index is -0.904. The summed E-state index contributed by atoms with van der Waals surface area (Å²) >= 11 is 1.94. The van der Waals surface area contributed by atoms with Crippen molar-refractivity contribution in [1.29, 1.82) is 0 Å². The van der Waals surface area contributed by atoms with Gasteiger partial charge in [-0.05, 0) is 90.6 Å². The van der Waals surface area contributed by atoms with Crippen molar-refractivity contribution in [1.82, 2.24) is 5.32 Å². The fourth-order valence-corrected chi connectivity index (χ4v) is 5.37. The number of carbonyl (C=O) groups excluding carboxylic acids is 1. The summed E-state index contributed by atoms with van der Waals surface area (Å²) in [5.74, 6) is -1.70. The Hall–Kier alpha value is -2.44. The number of hydrogen-bond acceptors (Lipinski definition) is 6. The Balaban J connectivity index is 1.57. The lowest BCUT2D eigenvalue weighted by Crippen LogP contribution is -2.43. The van der Waals surface area contributed by atoms with Gasteiger partial charge in [0.1, 0.15) is 23.2 Å². The molecule has 1 aliphatic carbocycles. The van der Waals surface area contributed by atoms with Crippen LogP contribution in [0, 0.1) is 21.1 Å². The van der Waals surface area contributed by atoms with Gasteiger partial charge < -0.3 is 21.3 Å². The van der Waals surface area contributed by atoms with E-state index in [1.165, 1.54) is 24.3 Å². The molecule has 1 aliphatic heterocycles. The molecule has 1 unspecified atom stereocenters. The minimum Gasteiger partial charge on any atom is -0.394 e. The van der Waals surface area contributed by atoms with Gasteiger partial charge in [-0.2, -0.15) is 0 Å². The first-order valence-corrected chi connectivity index (χ1v) is 12.4. The molecule has 0 saturated heterocycles. The summed E-state index contributed by atoms with van der Waals surface area (Å²) in [5.41, 5.74) is 6.42. The Morgan fingerprint density at radius 2 is 2.06 bits per heavy atom. The molecule has 1 saturated carbocycles. The van der Waals surface area contributed by atoms with E-state index in [0.29, 0.717) is 39.8 Å². The molecule has 0 spiro atoms. The number of aliphatic hydroxyl groups is 2. The zero-order chi connectivity index (χ0) is 25.3. The minimum absolute atomic E-state index is 0.139. The van der Waals surface area contributed by atoms with Crippen molar-refractivity contribution in [2.24, 2.45) is 21.6 Å². The van der Waals surface area contributed by atoms with Crippen LogP contribution in [0.1, 0.15) is 53.7 Å². The Morgan fingerprint density at radius 3 is 2.69 bits per heavy atom. The second-order valence-corrected chi connectivity index (χ2v) is 10.5. The van der Waals surface area contributed by atoms with Crippen LogP contribution >= 0.6 is 22.6 Å². The smallest absolute Gasteiger partial charge is 0.254 e. The number of carbonyl (C=O) groups is 1. The molecule has 0 radical (unpaired) electrons. The second-order valence-electron chi connectivity index (χ2n) is 9.29. The topological polar surface area (TPSA) is 120 Å². The standard InChI is InChI=1S/C25H27F2IN4O3/c1-25(15-3-4-18(34)9-15)12-30-23(29)22(32-25)13-2-5-19(20(27)8-13)24(35)31-21(11-33)14-6-16(26)10-17(28)7-14/h2,5-8,10,15,18,21,33-34H,3-4,9,11-12H2,1H3,(H2,29,30)(H,31,35)/t15-,18-,21-,25?/m1/s1. The molecule has 2 aromatic carbocycles. The summed E-state index contributed by atoms with van der Waals surface area (Å²) in [7, 11) is 0. The molecular formula is C25H27F2IN4O3. The second kappa shape index (κ2) is 10.3. The van der Waals surface area contributed by atoms with Crippen molar-refractivity contribution >= 4 is 40.0 Å². The maximum Gasteiger partial charge on any atom is 0.254 e. The van der Waals surface area contributed by atoms with Crippen molar-refractivity contribution < 1.29 is 23.8 Å². The molecule has 4 atom stereocenters. The van der Waals surface area contributed by atoms with Gasteiger partial charge in [-0.1, -0.05) is 6.07 Å². The Labute approximate surface area is 215 Å². The first-order chi connectivity index (χ1) is 16.6. The molecule has 10 heteroatoms. The average molecular weight is 596 g/mol. The van der Waals surface area contributed by atoms with Gasteiger partial charge in [0.15, 0.2) is 0 Å². The van der Waals surface area contributed by atoms with Gasteiger partial charge in [-0.15, -0.1) is 0 Å². The van der Waals surface area contributed by atoms with Crippen LogP contribution in [0.25, 0.3) is 0 Å². The molecule has 35 heavy (non-hydrogen) atoms. The van der Waals surface area contributed by atoms with Crippen LogP contribution in [0.3, 0.4) is 0 Å². The molecule has 1 amide bonds. The van der Waals surface area contributed by atoms with Crippen LogP contribution in [0.4, 0.5) is 8.78 Å². The Morgan fingerprint density at radius 1 is 1.29 bits per heavy atom. The lowest BCUT2D eigenvalue weighted by molar-refractivity contribution is 0.0912. The molecule has 4 rings (SSSR count). The fraction of sp³-hybridized carbons (Fsp3) is 0.400. The summed E-state index contributed by atoms with van der Waals surface area (Å²) in [5, 5.41) is 22.2. The highest BCUT2D eigenvalue weighted by Gasteiger charge is 2.41. The van der Waals surface area contributed by atoms with Crippen LogP contribution in [0.15, 0.2) is 46.4 Å². The van der Waals surface area contributed by atoms with Gasteiger partial charge in [0.05, 0.1) is 36.4 Å². The van der Waals surface area contributed by atoms with E-state index in [4.69, 9.17) is 10.7 Å². The zero-order valence-electron chi connectivity index (χ0n) is 19.1. The summed E-state index contributed by atoms with van der Waals surface area (Å²) in [6.45, 7) is 1.87. The Kier molecular flexibility index (Phi) is 7.53. The maximum atomic E-state index is 15.1. The number of rotatable bonds is 6. The van der Waals surface area contributed by atoms with E-state index < -0.39 is 35.7 Å². The molecule has 7 nitrogen and oxygen atoms in total. The van der Waals surface area contributed by atoms with Crippen LogP contribution in [0.5, 0.6) is 0 Å². The summed E-state index contributed by atoms with van der Waals surface area (Å²) in [4.78, 5) is 22.0. The highest BCUT2D eigenvalue weighted by Crippen LogP contribution is 2.38. The largest absolute Gasteiger partial charge is 0.394 e. The predicted octanol–water partition coefficient (Wildman–Crippen LogP) is 3.11.